The maximum absolute atomic E-state index is 12.1. The van der Waals surface area contributed by atoms with E-state index < -0.39 is 15.1 Å². The molecule has 2 rings (SSSR count). The zero-order chi connectivity index (χ0) is 18.6. The third kappa shape index (κ3) is 4.90. The third-order valence-corrected chi connectivity index (χ3v) is 5.63. The first-order valence-electron chi connectivity index (χ1n) is 7.65. The minimum atomic E-state index is -3.29. The molecule has 1 aromatic heterocycles. The Morgan fingerprint density at radius 1 is 1.20 bits per heavy atom. The number of carbonyl (C=O) groups is 1. The number of nitrogens with zero attached hydrogens (tertiary/aromatic N) is 2. The largest absolute Gasteiger partial charge is 0.384 e. The van der Waals surface area contributed by atoms with Gasteiger partial charge >= 0.3 is 6.03 Å². The summed E-state index contributed by atoms with van der Waals surface area (Å²) in [7, 11) is -1.77. The first-order valence-corrected chi connectivity index (χ1v) is 9.37. The maximum Gasteiger partial charge on any atom is 0.318 e. The predicted octanol–water partition coefficient (Wildman–Crippen LogP) is 1.80. The van der Waals surface area contributed by atoms with E-state index in [-0.39, 0.29) is 17.6 Å². The highest BCUT2D eigenvalue weighted by atomic mass is 32.2. The van der Waals surface area contributed by atoms with E-state index in [4.69, 9.17) is 5.73 Å². The highest BCUT2D eigenvalue weighted by Gasteiger charge is 2.19. The highest BCUT2D eigenvalue weighted by molar-refractivity contribution is 7.91. The number of carbonyl (C=O) groups excluding carboxylic acids is 1. The van der Waals surface area contributed by atoms with Gasteiger partial charge in [-0.25, -0.2) is 23.2 Å². The Labute approximate surface area is 146 Å². The van der Waals surface area contributed by atoms with Gasteiger partial charge in [0.25, 0.3) is 0 Å². The van der Waals surface area contributed by atoms with Crippen LogP contribution in [0.3, 0.4) is 0 Å². The van der Waals surface area contributed by atoms with Crippen molar-refractivity contribution in [3.8, 4) is 11.4 Å². The van der Waals surface area contributed by atoms with Gasteiger partial charge in [0, 0.05) is 24.4 Å². The molecule has 0 bridgehead atoms. The molecule has 0 saturated heterocycles. The molecule has 2 amide bonds. The molecule has 0 aliphatic carbocycles. The standard InChI is InChI=1S/C16H21N5O3S/c1-10(2)25(23,24)9-13-8-14(17)21-15(19-13)11-4-6-12(7-5-11)20-16(22)18-3/h4-8,10H,9H2,1-3H3,(H2,17,19,21)(H2,18,20,22). The average Bonchev–Trinajstić information content (AvgIpc) is 2.54. The van der Waals surface area contributed by atoms with E-state index in [9.17, 15) is 13.2 Å². The topological polar surface area (TPSA) is 127 Å². The van der Waals surface area contributed by atoms with Gasteiger partial charge in [-0.2, -0.15) is 0 Å². The molecule has 2 aromatic rings. The van der Waals surface area contributed by atoms with E-state index in [1.54, 1.807) is 38.1 Å². The van der Waals surface area contributed by atoms with E-state index in [1.807, 2.05) is 0 Å². The number of nitrogens with one attached hydrogen (secondary N) is 2. The summed E-state index contributed by atoms with van der Waals surface area (Å²) in [6, 6.07) is 7.98. The van der Waals surface area contributed by atoms with Crippen molar-refractivity contribution in [2.24, 2.45) is 0 Å². The lowest BCUT2D eigenvalue weighted by atomic mass is 10.2. The fraction of sp³-hybridized carbons (Fsp3) is 0.312. The minimum absolute atomic E-state index is 0.194. The molecule has 134 valence electrons. The van der Waals surface area contributed by atoms with Gasteiger partial charge in [-0.05, 0) is 38.1 Å². The van der Waals surface area contributed by atoms with Gasteiger partial charge in [-0.1, -0.05) is 0 Å². The summed E-state index contributed by atoms with van der Waals surface area (Å²) in [4.78, 5) is 19.8. The summed E-state index contributed by atoms with van der Waals surface area (Å²) in [6.07, 6.45) is 0. The summed E-state index contributed by atoms with van der Waals surface area (Å²) in [5, 5.41) is 4.60. The molecule has 0 fully saturated rings. The molecular weight excluding hydrogens is 342 g/mol. The van der Waals surface area contributed by atoms with Gasteiger partial charge in [0.1, 0.15) is 5.82 Å². The number of nitrogens with two attached hydrogens (primary N) is 1. The predicted molar refractivity (Wildman–Crippen MR) is 97.7 cm³/mol. The van der Waals surface area contributed by atoms with Crippen LogP contribution in [0.2, 0.25) is 0 Å². The molecule has 0 unspecified atom stereocenters. The lowest BCUT2D eigenvalue weighted by Crippen LogP contribution is -2.24. The lowest BCUT2D eigenvalue weighted by molar-refractivity contribution is 0.254. The van der Waals surface area contributed by atoms with Gasteiger partial charge in [0.05, 0.1) is 16.7 Å². The van der Waals surface area contributed by atoms with Crippen LogP contribution in [0.15, 0.2) is 30.3 Å². The van der Waals surface area contributed by atoms with Gasteiger partial charge in [0.15, 0.2) is 15.7 Å². The molecule has 1 heterocycles. The second-order valence-corrected chi connectivity index (χ2v) is 8.30. The number of sulfone groups is 1. The van der Waals surface area contributed by atoms with Crippen molar-refractivity contribution in [2.75, 3.05) is 18.1 Å². The van der Waals surface area contributed by atoms with Crippen molar-refractivity contribution >= 4 is 27.4 Å². The number of benzene rings is 1. The Hall–Kier alpha value is -2.68. The Bertz CT molecular complexity index is 864. The van der Waals surface area contributed by atoms with Crippen molar-refractivity contribution in [1.82, 2.24) is 15.3 Å². The summed E-state index contributed by atoms with van der Waals surface area (Å²) in [6.45, 7) is 3.25. The zero-order valence-electron chi connectivity index (χ0n) is 14.3. The van der Waals surface area contributed by atoms with Gasteiger partial charge in [0.2, 0.25) is 0 Å². The summed E-state index contributed by atoms with van der Waals surface area (Å²) in [5.74, 6) is 0.340. The van der Waals surface area contributed by atoms with Crippen molar-refractivity contribution in [1.29, 1.82) is 0 Å². The maximum atomic E-state index is 12.1. The molecule has 0 spiro atoms. The first kappa shape index (κ1) is 18.7. The molecule has 8 nitrogen and oxygen atoms in total. The fourth-order valence-corrected chi connectivity index (χ4v) is 2.88. The van der Waals surface area contributed by atoms with E-state index in [2.05, 4.69) is 20.6 Å². The van der Waals surface area contributed by atoms with Crippen LogP contribution in [0.1, 0.15) is 19.5 Å². The number of rotatable bonds is 5. The monoisotopic (exact) mass is 363 g/mol. The number of hydrogen-bond donors (Lipinski definition) is 3. The fourth-order valence-electron chi connectivity index (χ4n) is 1.99. The summed E-state index contributed by atoms with van der Waals surface area (Å²) < 4.78 is 24.2. The normalized spacial score (nSPS) is 11.4. The van der Waals surface area contributed by atoms with Crippen LogP contribution in [0.5, 0.6) is 0 Å². The molecule has 0 atom stereocenters. The SMILES string of the molecule is CNC(=O)Nc1ccc(-c2nc(N)cc(CS(=O)(=O)C(C)C)n2)cc1. The van der Waals surface area contributed by atoms with E-state index in [0.29, 0.717) is 22.8 Å². The number of urea groups is 1. The van der Waals surface area contributed by atoms with Gasteiger partial charge < -0.3 is 16.4 Å². The third-order valence-electron chi connectivity index (χ3n) is 3.49. The van der Waals surface area contributed by atoms with Crippen LogP contribution in [-0.2, 0) is 15.6 Å². The average molecular weight is 363 g/mol. The van der Waals surface area contributed by atoms with Crippen molar-refractivity contribution in [3.05, 3.63) is 36.0 Å². The summed E-state index contributed by atoms with van der Waals surface area (Å²) in [5.41, 5.74) is 7.42. The van der Waals surface area contributed by atoms with Gasteiger partial charge in [-0.3, -0.25) is 0 Å². The smallest absolute Gasteiger partial charge is 0.318 e. The van der Waals surface area contributed by atoms with Crippen LogP contribution in [0, 0.1) is 0 Å². The van der Waals surface area contributed by atoms with Gasteiger partial charge in [-0.15, -0.1) is 0 Å². The number of aromatic nitrogens is 2. The van der Waals surface area contributed by atoms with E-state index >= 15 is 0 Å². The zero-order valence-corrected chi connectivity index (χ0v) is 15.1. The second kappa shape index (κ2) is 7.47. The number of anilines is 2. The molecular formula is C16H21N5O3S. The van der Waals surface area contributed by atoms with E-state index in [1.165, 1.54) is 13.1 Å². The van der Waals surface area contributed by atoms with E-state index in [0.717, 1.165) is 0 Å². The first-order chi connectivity index (χ1) is 11.7. The van der Waals surface area contributed by atoms with Crippen molar-refractivity contribution in [2.45, 2.75) is 24.9 Å². The Balaban J connectivity index is 2.29. The molecule has 4 N–H and O–H groups in total. The number of hydrogen-bond acceptors (Lipinski definition) is 6. The minimum Gasteiger partial charge on any atom is -0.384 e. The quantitative estimate of drug-likeness (QED) is 0.743. The van der Waals surface area contributed by atoms with Crippen LogP contribution in [0.4, 0.5) is 16.3 Å². The lowest BCUT2D eigenvalue weighted by Gasteiger charge is -2.10. The molecule has 25 heavy (non-hydrogen) atoms. The number of nitrogen functional groups attached to an aromatic ring is 1. The Kier molecular flexibility index (Phi) is 5.58. The second-order valence-electron chi connectivity index (χ2n) is 5.75. The Morgan fingerprint density at radius 2 is 1.84 bits per heavy atom. The Morgan fingerprint density at radius 3 is 2.40 bits per heavy atom. The van der Waals surface area contributed by atoms with Crippen molar-refractivity contribution < 1.29 is 13.2 Å². The molecule has 0 aliphatic heterocycles. The molecule has 0 aliphatic rings. The molecule has 9 heteroatoms. The molecule has 1 aromatic carbocycles. The summed E-state index contributed by atoms with van der Waals surface area (Å²) >= 11 is 0. The molecule has 0 saturated carbocycles. The van der Waals surface area contributed by atoms with Crippen LogP contribution in [-0.4, -0.2) is 36.7 Å². The van der Waals surface area contributed by atoms with Crippen LogP contribution >= 0.6 is 0 Å². The molecule has 0 radical (unpaired) electrons. The number of amides is 2. The van der Waals surface area contributed by atoms with Crippen molar-refractivity contribution in [3.63, 3.8) is 0 Å². The van der Waals surface area contributed by atoms with Crippen LogP contribution in [0.25, 0.3) is 11.4 Å². The highest BCUT2D eigenvalue weighted by Crippen LogP contribution is 2.21. The van der Waals surface area contributed by atoms with Crippen LogP contribution < -0.4 is 16.4 Å².